The summed E-state index contributed by atoms with van der Waals surface area (Å²) in [5.41, 5.74) is 4.11. The Balaban J connectivity index is 2.17. The van der Waals surface area contributed by atoms with Crippen molar-refractivity contribution in [2.45, 2.75) is 13.8 Å². The van der Waals surface area contributed by atoms with Gasteiger partial charge in [-0.05, 0) is 60.4 Å². The summed E-state index contributed by atoms with van der Waals surface area (Å²) in [7, 11) is 1.59. The van der Waals surface area contributed by atoms with Gasteiger partial charge in [0.1, 0.15) is 5.75 Å². The van der Waals surface area contributed by atoms with Crippen molar-refractivity contribution in [1.29, 1.82) is 0 Å². The smallest absolute Gasteiger partial charge is 0.269 e. The molecule has 0 bridgehead atoms. The highest BCUT2D eigenvalue weighted by atomic mass is 16.7. The Morgan fingerprint density at radius 2 is 1.61 bits per heavy atom. The van der Waals surface area contributed by atoms with Crippen molar-refractivity contribution in [3.63, 3.8) is 0 Å². The molecule has 0 heterocycles. The third-order valence-corrected chi connectivity index (χ3v) is 3.38. The largest absolute Gasteiger partial charge is 0.467 e. The number of hydrogen-bond donors (Lipinski definition) is 0. The van der Waals surface area contributed by atoms with E-state index in [1.165, 1.54) is 12.1 Å². The Kier molecular flexibility index (Phi) is 5.49. The molecule has 0 N–H and O–H groups in total. The van der Waals surface area contributed by atoms with Crippen LogP contribution in [0.5, 0.6) is 5.75 Å². The molecule has 5 nitrogen and oxygen atoms in total. The summed E-state index contributed by atoms with van der Waals surface area (Å²) in [6.07, 6.45) is 3.90. The van der Waals surface area contributed by atoms with E-state index in [0.717, 1.165) is 28.0 Å². The molecule has 0 radical (unpaired) electrons. The minimum Gasteiger partial charge on any atom is -0.467 e. The molecule has 0 aliphatic heterocycles. The minimum atomic E-state index is -0.404. The van der Waals surface area contributed by atoms with E-state index in [-0.39, 0.29) is 12.5 Å². The molecule has 2 aromatic rings. The van der Waals surface area contributed by atoms with Gasteiger partial charge in [-0.15, -0.1) is 0 Å². The van der Waals surface area contributed by atoms with Gasteiger partial charge in [-0.3, -0.25) is 10.1 Å². The molecular formula is C18H19NO4. The van der Waals surface area contributed by atoms with Crippen molar-refractivity contribution in [3.8, 4) is 5.75 Å². The first-order valence-electron chi connectivity index (χ1n) is 7.17. The van der Waals surface area contributed by atoms with E-state index in [0.29, 0.717) is 0 Å². The average molecular weight is 313 g/mol. The van der Waals surface area contributed by atoms with Gasteiger partial charge in [-0.1, -0.05) is 12.2 Å². The van der Waals surface area contributed by atoms with E-state index in [9.17, 15) is 10.1 Å². The molecule has 2 rings (SSSR count). The number of nitrogens with zero attached hydrogens (tertiary/aromatic N) is 1. The predicted molar refractivity (Wildman–Crippen MR) is 90.4 cm³/mol. The molecule has 0 saturated carbocycles. The molecule has 0 fully saturated rings. The highest BCUT2D eigenvalue weighted by Crippen LogP contribution is 2.26. The third-order valence-electron chi connectivity index (χ3n) is 3.38. The van der Waals surface area contributed by atoms with Gasteiger partial charge in [0.2, 0.25) is 0 Å². The highest BCUT2D eigenvalue weighted by Gasteiger charge is 2.06. The number of ether oxygens (including phenoxy) is 2. The Hall–Kier alpha value is -2.66. The minimum absolute atomic E-state index is 0.0912. The van der Waals surface area contributed by atoms with Crippen molar-refractivity contribution in [3.05, 3.63) is 68.8 Å². The summed E-state index contributed by atoms with van der Waals surface area (Å²) in [6, 6.07) is 10.5. The first-order chi connectivity index (χ1) is 11.0. The number of rotatable bonds is 6. The molecule has 5 heteroatoms. The number of nitro groups is 1. The maximum absolute atomic E-state index is 10.6. The fraction of sp³-hybridized carbons (Fsp3) is 0.222. The average Bonchev–Trinajstić information content (AvgIpc) is 2.52. The summed E-state index contributed by atoms with van der Waals surface area (Å²) in [5.74, 6) is 0.833. The van der Waals surface area contributed by atoms with Crippen LogP contribution in [0.25, 0.3) is 12.2 Å². The molecule has 0 aromatic heterocycles. The molecule has 0 aliphatic rings. The van der Waals surface area contributed by atoms with Crippen LogP contribution < -0.4 is 4.74 Å². The molecule has 0 unspecified atom stereocenters. The van der Waals surface area contributed by atoms with Crippen LogP contribution in [-0.2, 0) is 4.74 Å². The van der Waals surface area contributed by atoms with E-state index in [2.05, 4.69) is 0 Å². The lowest BCUT2D eigenvalue weighted by molar-refractivity contribution is -0.384. The van der Waals surface area contributed by atoms with Crippen molar-refractivity contribution >= 4 is 17.8 Å². The normalized spacial score (nSPS) is 10.9. The second-order valence-electron chi connectivity index (χ2n) is 5.22. The van der Waals surface area contributed by atoms with Gasteiger partial charge in [-0.2, -0.15) is 0 Å². The number of methoxy groups -OCH3 is 1. The lowest BCUT2D eigenvalue weighted by Gasteiger charge is -2.12. The monoisotopic (exact) mass is 313 g/mol. The Morgan fingerprint density at radius 1 is 1.04 bits per heavy atom. The molecule has 0 amide bonds. The van der Waals surface area contributed by atoms with E-state index in [1.807, 2.05) is 38.1 Å². The number of nitro benzene ring substituents is 1. The molecular weight excluding hydrogens is 294 g/mol. The summed E-state index contributed by atoms with van der Waals surface area (Å²) in [4.78, 5) is 10.2. The van der Waals surface area contributed by atoms with Gasteiger partial charge >= 0.3 is 0 Å². The van der Waals surface area contributed by atoms with Crippen LogP contribution in [0.1, 0.15) is 22.3 Å². The lowest BCUT2D eigenvalue weighted by atomic mass is 10.0. The Labute approximate surface area is 135 Å². The molecule has 0 spiro atoms. The van der Waals surface area contributed by atoms with E-state index in [1.54, 1.807) is 19.2 Å². The second-order valence-corrected chi connectivity index (χ2v) is 5.22. The van der Waals surface area contributed by atoms with E-state index >= 15 is 0 Å². The van der Waals surface area contributed by atoms with E-state index in [4.69, 9.17) is 9.47 Å². The summed E-state index contributed by atoms with van der Waals surface area (Å²) < 4.78 is 10.5. The zero-order valence-corrected chi connectivity index (χ0v) is 13.4. The zero-order chi connectivity index (χ0) is 16.8. The summed E-state index contributed by atoms with van der Waals surface area (Å²) in [6.45, 7) is 4.20. The summed E-state index contributed by atoms with van der Waals surface area (Å²) in [5, 5.41) is 10.6. The number of non-ortho nitro benzene ring substituents is 1. The van der Waals surface area contributed by atoms with Crippen LogP contribution in [0.15, 0.2) is 36.4 Å². The van der Waals surface area contributed by atoms with Crippen molar-refractivity contribution in [2.75, 3.05) is 13.9 Å². The van der Waals surface area contributed by atoms with Crippen LogP contribution in [0.4, 0.5) is 5.69 Å². The maximum Gasteiger partial charge on any atom is 0.269 e. The maximum atomic E-state index is 10.6. The molecule has 120 valence electrons. The van der Waals surface area contributed by atoms with Gasteiger partial charge < -0.3 is 9.47 Å². The third kappa shape index (κ3) is 4.40. The fourth-order valence-electron chi connectivity index (χ4n) is 2.33. The van der Waals surface area contributed by atoms with Crippen LogP contribution in [0.2, 0.25) is 0 Å². The van der Waals surface area contributed by atoms with Crippen LogP contribution >= 0.6 is 0 Å². The number of aryl methyl sites for hydroxylation is 2. The van der Waals surface area contributed by atoms with Gasteiger partial charge in [0.05, 0.1) is 4.92 Å². The zero-order valence-electron chi connectivity index (χ0n) is 13.4. The first kappa shape index (κ1) is 16.7. The second kappa shape index (κ2) is 7.56. The topological polar surface area (TPSA) is 61.6 Å². The van der Waals surface area contributed by atoms with Crippen molar-refractivity contribution in [1.82, 2.24) is 0 Å². The fourth-order valence-corrected chi connectivity index (χ4v) is 2.33. The van der Waals surface area contributed by atoms with Crippen molar-refractivity contribution in [2.24, 2.45) is 0 Å². The Morgan fingerprint density at radius 3 is 2.13 bits per heavy atom. The molecule has 2 aromatic carbocycles. The number of hydrogen-bond acceptors (Lipinski definition) is 4. The molecule has 0 atom stereocenters. The standard InChI is InChI=1S/C18H19NO4/c1-13-10-16(11-14(2)18(13)23-12-22-3)5-4-15-6-8-17(9-7-15)19(20)21/h4-11H,12H2,1-3H3/b5-4+. The summed E-state index contributed by atoms with van der Waals surface area (Å²) >= 11 is 0. The Bertz CT molecular complexity index is 697. The number of benzene rings is 2. The lowest BCUT2D eigenvalue weighted by Crippen LogP contribution is -2.02. The van der Waals surface area contributed by atoms with E-state index < -0.39 is 4.92 Å². The molecule has 0 saturated heterocycles. The van der Waals surface area contributed by atoms with Gasteiger partial charge in [0.25, 0.3) is 5.69 Å². The van der Waals surface area contributed by atoms with Crippen LogP contribution in [-0.4, -0.2) is 18.8 Å². The quantitative estimate of drug-likeness (QED) is 0.344. The molecule has 0 aliphatic carbocycles. The molecule has 23 heavy (non-hydrogen) atoms. The van der Waals surface area contributed by atoms with Crippen molar-refractivity contribution < 1.29 is 14.4 Å². The van der Waals surface area contributed by atoms with Gasteiger partial charge in [0.15, 0.2) is 6.79 Å². The van der Waals surface area contributed by atoms with Gasteiger partial charge in [-0.25, -0.2) is 0 Å². The van der Waals surface area contributed by atoms with Gasteiger partial charge in [0, 0.05) is 19.2 Å². The SMILES string of the molecule is COCOc1c(C)cc(/C=C/c2ccc([N+](=O)[O-])cc2)cc1C. The highest BCUT2D eigenvalue weighted by molar-refractivity contribution is 5.71. The van der Waals surface area contributed by atoms with Crippen LogP contribution in [0.3, 0.4) is 0 Å². The predicted octanol–water partition coefficient (Wildman–Crippen LogP) is 4.36. The first-order valence-corrected chi connectivity index (χ1v) is 7.17. The van der Waals surface area contributed by atoms with Crippen LogP contribution in [0, 0.1) is 24.0 Å².